The zero-order valence-corrected chi connectivity index (χ0v) is 11.2. The molecule has 2 rings (SSSR count). The van der Waals surface area contributed by atoms with E-state index in [1.165, 1.54) is 0 Å². The van der Waals surface area contributed by atoms with Crippen molar-refractivity contribution in [2.45, 2.75) is 33.1 Å². The minimum atomic E-state index is -0.911. The molecule has 1 N–H and O–H groups in total. The third kappa shape index (κ3) is 2.26. The normalized spacial score (nSPS) is 12.6. The highest BCUT2D eigenvalue weighted by Crippen LogP contribution is 2.22. The predicted molar refractivity (Wildman–Crippen MR) is 72.6 cm³/mol. The Hall–Kier alpha value is -2.10. The lowest BCUT2D eigenvalue weighted by atomic mass is 9.99. The topological polar surface area (TPSA) is 67.5 Å². The van der Waals surface area contributed by atoms with Crippen LogP contribution < -0.4 is 5.43 Å². The van der Waals surface area contributed by atoms with Crippen LogP contribution in [0.15, 0.2) is 27.4 Å². The third-order valence-electron chi connectivity index (χ3n) is 3.43. The van der Waals surface area contributed by atoms with Gasteiger partial charge in [0.2, 0.25) is 0 Å². The molecule has 0 aliphatic carbocycles. The van der Waals surface area contributed by atoms with Crippen molar-refractivity contribution in [3.63, 3.8) is 0 Å². The molecule has 19 heavy (non-hydrogen) atoms. The van der Waals surface area contributed by atoms with E-state index < -0.39 is 11.9 Å². The number of fused-ring (bicyclic) bond motifs is 1. The smallest absolute Gasteiger partial charge is 0.310 e. The second kappa shape index (κ2) is 4.88. The molecule has 4 nitrogen and oxygen atoms in total. The van der Waals surface area contributed by atoms with Crippen molar-refractivity contribution in [3.8, 4) is 0 Å². The fourth-order valence-electron chi connectivity index (χ4n) is 2.10. The Bertz CT molecular complexity index is 697. The number of carbonyl (C=O) groups is 1. The average molecular weight is 260 g/mol. The first-order valence-corrected chi connectivity index (χ1v) is 6.24. The summed E-state index contributed by atoms with van der Waals surface area (Å²) < 4.78 is 5.67. The highest BCUT2D eigenvalue weighted by atomic mass is 16.4. The van der Waals surface area contributed by atoms with E-state index in [1.807, 2.05) is 6.92 Å². The first-order chi connectivity index (χ1) is 8.95. The molecule has 0 saturated heterocycles. The second-order valence-corrected chi connectivity index (χ2v) is 4.65. The van der Waals surface area contributed by atoms with Crippen molar-refractivity contribution in [1.29, 1.82) is 0 Å². The van der Waals surface area contributed by atoms with Gasteiger partial charge in [0.1, 0.15) is 11.3 Å². The molecule has 100 valence electrons. The van der Waals surface area contributed by atoms with Gasteiger partial charge in [0, 0.05) is 12.0 Å². The van der Waals surface area contributed by atoms with Crippen LogP contribution in [0.4, 0.5) is 0 Å². The molecule has 1 aromatic carbocycles. The molecule has 0 aliphatic rings. The van der Waals surface area contributed by atoms with Gasteiger partial charge in [-0.3, -0.25) is 9.59 Å². The Balaban J connectivity index is 2.70. The molecule has 0 spiro atoms. The molecule has 0 bridgehead atoms. The van der Waals surface area contributed by atoms with E-state index >= 15 is 0 Å². The van der Waals surface area contributed by atoms with E-state index in [9.17, 15) is 9.59 Å². The SMILES string of the molecule is CCc1oc2ccc([C@H](C)C(=O)O)cc2c(=O)c1C. The predicted octanol–water partition coefficient (Wildman–Crippen LogP) is 2.85. The lowest BCUT2D eigenvalue weighted by molar-refractivity contribution is -0.138. The summed E-state index contributed by atoms with van der Waals surface area (Å²) in [6, 6.07) is 4.98. The summed E-state index contributed by atoms with van der Waals surface area (Å²) in [6.07, 6.45) is 0.657. The van der Waals surface area contributed by atoms with Gasteiger partial charge in [-0.05, 0) is 31.5 Å². The number of aliphatic carboxylic acids is 1. The van der Waals surface area contributed by atoms with Crippen LogP contribution in [0.1, 0.15) is 36.7 Å². The number of carboxylic acid groups (broad SMARTS) is 1. The number of hydrogen-bond acceptors (Lipinski definition) is 3. The second-order valence-electron chi connectivity index (χ2n) is 4.65. The molecule has 0 radical (unpaired) electrons. The number of hydrogen-bond donors (Lipinski definition) is 1. The highest BCUT2D eigenvalue weighted by Gasteiger charge is 2.16. The highest BCUT2D eigenvalue weighted by molar-refractivity contribution is 5.82. The molecule has 0 aliphatic heterocycles. The Morgan fingerprint density at radius 2 is 2.11 bits per heavy atom. The lowest BCUT2D eigenvalue weighted by Gasteiger charge is -2.09. The number of rotatable bonds is 3. The van der Waals surface area contributed by atoms with Crippen LogP contribution in [-0.4, -0.2) is 11.1 Å². The maximum absolute atomic E-state index is 12.2. The van der Waals surface area contributed by atoms with Crippen LogP contribution >= 0.6 is 0 Å². The van der Waals surface area contributed by atoms with Gasteiger partial charge in [0.05, 0.1) is 11.3 Å². The number of benzene rings is 1. The minimum absolute atomic E-state index is 0.0856. The third-order valence-corrected chi connectivity index (χ3v) is 3.43. The van der Waals surface area contributed by atoms with Gasteiger partial charge in [-0.15, -0.1) is 0 Å². The summed E-state index contributed by atoms with van der Waals surface area (Å²) in [4.78, 5) is 23.2. The van der Waals surface area contributed by atoms with Crippen molar-refractivity contribution in [2.75, 3.05) is 0 Å². The van der Waals surface area contributed by atoms with Gasteiger partial charge in [0.15, 0.2) is 5.43 Å². The van der Waals surface area contributed by atoms with Gasteiger partial charge < -0.3 is 9.52 Å². The van der Waals surface area contributed by atoms with Crippen molar-refractivity contribution in [2.24, 2.45) is 0 Å². The first kappa shape index (κ1) is 13.3. The lowest BCUT2D eigenvalue weighted by Crippen LogP contribution is -2.11. The summed E-state index contributed by atoms with van der Waals surface area (Å²) >= 11 is 0. The standard InChI is InChI=1S/C15H16O4/c1-4-12-9(3)14(16)11-7-10(8(2)15(17)18)5-6-13(11)19-12/h5-8H,4H2,1-3H3,(H,17,18)/t8-/m0/s1. The van der Waals surface area contributed by atoms with Crippen LogP contribution in [-0.2, 0) is 11.2 Å². The molecular formula is C15H16O4. The van der Waals surface area contributed by atoms with Gasteiger partial charge in [-0.1, -0.05) is 13.0 Å². The summed E-state index contributed by atoms with van der Waals surface area (Å²) in [7, 11) is 0. The van der Waals surface area contributed by atoms with Crippen LogP contribution in [0.25, 0.3) is 11.0 Å². The van der Waals surface area contributed by atoms with Crippen LogP contribution in [0.5, 0.6) is 0 Å². The molecule has 4 heteroatoms. The number of aryl methyl sites for hydroxylation is 1. The zero-order valence-electron chi connectivity index (χ0n) is 11.2. The molecular weight excluding hydrogens is 244 g/mol. The summed E-state index contributed by atoms with van der Waals surface area (Å²) in [6.45, 7) is 5.26. The van der Waals surface area contributed by atoms with Crippen molar-refractivity contribution in [3.05, 3.63) is 45.3 Å². The van der Waals surface area contributed by atoms with Crippen molar-refractivity contribution >= 4 is 16.9 Å². The molecule has 0 amide bonds. The minimum Gasteiger partial charge on any atom is -0.481 e. The Morgan fingerprint density at radius 1 is 1.42 bits per heavy atom. The number of carboxylic acids is 1. The molecule has 0 unspecified atom stereocenters. The molecule has 0 fully saturated rings. The largest absolute Gasteiger partial charge is 0.481 e. The molecule has 0 saturated carbocycles. The summed E-state index contributed by atoms with van der Waals surface area (Å²) in [5.41, 5.74) is 1.62. The molecule has 2 aromatic rings. The van der Waals surface area contributed by atoms with Crippen LogP contribution in [0.2, 0.25) is 0 Å². The quantitative estimate of drug-likeness (QED) is 0.921. The summed E-state index contributed by atoms with van der Waals surface area (Å²) in [5.74, 6) is -0.878. The van der Waals surface area contributed by atoms with Crippen LogP contribution in [0.3, 0.4) is 0 Å². The van der Waals surface area contributed by atoms with Crippen LogP contribution in [0, 0.1) is 6.92 Å². The fraction of sp³-hybridized carbons (Fsp3) is 0.333. The van der Waals surface area contributed by atoms with E-state index in [2.05, 4.69) is 0 Å². The zero-order chi connectivity index (χ0) is 14.2. The molecule has 1 aromatic heterocycles. The average Bonchev–Trinajstić information content (AvgIpc) is 2.41. The first-order valence-electron chi connectivity index (χ1n) is 6.24. The molecule has 1 heterocycles. The van der Waals surface area contributed by atoms with Gasteiger partial charge in [0.25, 0.3) is 0 Å². The fourth-order valence-corrected chi connectivity index (χ4v) is 2.10. The van der Waals surface area contributed by atoms with E-state index in [0.717, 1.165) is 0 Å². The monoisotopic (exact) mass is 260 g/mol. The maximum Gasteiger partial charge on any atom is 0.310 e. The van der Waals surface area contributed by atoms with E-state index in [1.54, 1.807) is 32.0 Å². The van der Waals surface area contributed by atoms with Gasteiger partial charge >= 0.3 is 5.97 Å². The van der Waals surface area contributed by atoms with E-state index in [4.69, 9.17) is 9.52 Å². The van der Waals surface area contributed by atoms with Crippen molar-refractivity contribution in [1.82, 2.24) is 0 Å². The Labute approximate surface area is 110 Å². The molecule has 1 atom stereocenters. The van der Waals surface area contributed by atoms with Gasteiger partial charge in [-0.25, -0.2) is 0 Å². The van der Waals surface area contributed by atoms with E-state index in [-0.39, 0.29) is 5.43 Å². The maximum atomic E-state index is 12.2. The Morgan fingerprint density at radius 3 is 2.68 bits per heavy atom. The Kier molecular flexibility index (Phi) is 3.42. The van der Waals surface area contributed by atoms with Gasteiger partial charge in [-0.2, -0.15) is 0 Å². The van der Waals surface area contributed by atoms with Crippen molar-refractivity contribution < 1.29 is 14.3 Å². The summed E-state index contributed by atoms with van der Waals surface area (Å²) in [5, 5.41) is 9.46. The van der Waals surface area contributed by atoms with E-state index in [0.29, 0.717) is 34.3 Å².